The molecule has 2 aromatic rings. The average molecular weight is 162 g/mol. The number of aldehydes is 1. The fourth-order valence-electron chi connectivity index (χ4n) is 1.01. The molecule has 0 fully saturated rings. The van der Waals surface area contributed by atoms with E-state index in [2.05, 4.69) is 4.98 Å². The molecule has 1 aromatic carbocycles. The van der Waals surface area contributed by atoms with Crippen molar-refractivity contribution in [3.63, 3.8) is 0 Å². The summed E-state index contributed by atoms with van der Waals surface area (Å²) < 4.78 is 5.04. The van der Waals surface area contributed by atoms with Gasteiger partial charge in [0.2, 0.25) is 6.29 Å². The number of hydrogen-bond donors (Lipinski definition) is 1. The van der Waals surface area contributed by atoms with E-state index in [1.165, 1.54) is 0 Å². The molecule has 0 aliphatic rings. The van der Waals surface area contributed by atoms with Gasteiger partial charge >= 0.3 is 0 Å². The van der Waals surface area contributed by atoms with Crippen LogP contribution in [0.3, 0.4) is 0 Å². The first kappa shape index (κ1) is 6.84. The van der Waals surface area contributed by atoms with Crippen molar-refractivity contribution in [3.8, 4) is 0 Å². The summed E-state index contributed by atoms with van der Waals surface area (Å²) in [5.41, 5.74) is 7.28. The Labute approximate surface area is 68.0 Å². The zero-order valence-electron chi connectivity index (χ0n) is 6.15. The molecule has 0 saturated carbocycles. The molecule has 0 amide bonds. The first-order valence-electron chi connectivity index (χ1n) is 3.41. The molecule has 4 nitrogen and oxygen atoms in total. The fourth-order valence-corrected chi connectivity index (χ4v) is 1.01. The van der Waals surface area contributed by atoms with Gasteiger partial charge in [0.1, 0.15) is 5.52 Å². The Bertz CT molecular complexity index is 434. The lowest BCUT2D eigenvalue weighted by molar-refractivity contribution is 0.109. The molecule has 0 unspecified atom stereocenters. The Morgan fingerprint density at radius 1 is 1.50 bits per heavy atom. The lowest BCUT2D eigenvalue weighted by atomic mass is 10.3. The first-order valence-corrected chi connectivity index (χ1v) is 3.41. The summed E-state index contributed by atoms with van der Waals surface area (Å²) >= 11 is 0. The maximum absolute atomic E-state index is 10.3. The van der Waals surface area contributed by atoms with Gasteiger partial charge in [0, 0.05) is 11.8 Å². The molecule has 2 N–H and O–H groups in total. The number of aromatic nitrogens is 1. The monoisotopic (exact) mass is 162 g/mol. The summed E-state index contributed by atoms with van der Waals surface area (Å²) in [5.74, 6) is 0.0793. The zero-order chi connectivity index (χ0) is 8.55. The standard InChI is InChI=1S/C8H6N2O2/c9-5-1-2-6-7(3-5)12-8(4-11)10-6/h1-4H,9H2. The first-order chi connectivity index (χ1) is 5.79. The van der Waals surface area contributed by atoms with Crippen LogP contribution in [-0.4, -0.2) is 11.3 Å². The Hall–Kier alpha value is -1.84. The van der Waals surface area contributed by atoms with Crippen LogP contribution in [0.5, 0.6) is 0 Å². The second-order valence-electron chi connectivity index (χ2n) is 2.40. The second kappa shape index (κ2) is 2.34. The molecular formula is C8H6N2O2. The van der Waals surface area contributed by atoms with Crippen LogP contribution in [0.1, 0.15) is 10.7 Å². The van der Waals surface area contributed by atoms with Crippen LogP contribution >= 0.6 is 0 Å². The Morgan fingerprint density at radius 3 is 3.08 bits per heavy atom. The summed E-state index contributed by atoms with van der Waals surface area (Å²) in [5, 5.41) is 0. The zero-order valence-corrected chi connectivity index (χ0v) is 6.15. The maximum Gasteiger partial charge on any atom is 0.260 e. The number of benzene rings is 1. The summed E-state index contributed by atoms with van der Waals surface area (Å²) in [6.45, 7) is 0. The SMILES string of the molecule is Nc1ccc2nc(C=O)oc2c1. The highest BCUT2D eigenvalue weighted by Gasteiger charge is 2.03. The van der Waals surface area contributed by atoms with Crippen LogP contribution in [0.2, 0.25) is 0 Å². The molecule has 2 rings (SSSR count). The molecule has 60 valence electrons. The molecule has 0 spiro atoms. The van der Waals surface area contributed by atoms with Gasteiger partial charge in [0.25, 0.3) is 5.89 Å². The van der Waals surface area contributed by atoms with Crippen LogP contribution in [0.15, 0.2) is 22.6 Å². The Balaban J connectivity index is 2.75. The third-order valence-corrected chi connectivity index (χ3v) is 1.53. The molecule has 12 heavy (non-hydrogen) atoms. The highest BCUT2D eigenvalue weighted by molar-refractivity contribution is 5.81. The number of carbonyl (C=O) groups excluding carboxylic acids is 1. The normalized spacial score (nSPS) is 10.3. The van der Waals surface area contributed by atoms with E-state index in [9.17, 15) is 4.79 Å². The number of nitrogens with zero attached hydrogens (tertiary/aromatic N) is 1. The quantitative estimate of drug-likeness (QED) is 0.505. The van der Waals surface area contributed by atoms with E-state index < -0.39 is 0 Å². The molecule has 0 aliphatic heterocycles. The summed E-state index contributed by atoms with van der Waals surface area (Å²) in [6.07, 6.45) is 0.566. The van der Waals surface area contributed by atoms with Gasteiger partial charge in [-0.25, -0.2) is 4.98 Å². The number of anilines is 1. The van der Waals surface area contributed by atoms with Crippen LogP contribution in [0.4, 0.5) is 5.69 Å². The van der Waals surface area contributed by atoms with Crippen molar-refractivity contribution in [2.24, 2.45) is 0 Å². The number of carbonyl (C=O) groups is 1. The van der Waals surface area contributed by atoms with Crippen molar-refractivity contribution in [2.45, 2.75) is 0 Å². The van der Waals surface area contributed by atoms with Crippen LogP contribution < -0.4 is 5.73 Å². The van der Waals surface area contributed by atoms with E-state index in [4.69, 9.17) is 10.2 Å². The molecule has 1 aromatic heterocycles. The molecule has 0 saturated heterocycles. The van der Waals surface area contributed by atoms with Gasteiger partial charge in [-0.05, 0) is 12.1 Å². The van der Waals surface area contributed by atoms with Crippen LogP contribution in [0, 0.1) is 0 Å². The molecular weight excluding hydrogens is 156 g/mol. The van der Waals surface area contributed by atoms with Crippen LogP contribution in [0.25, 0.3) is 11.1 Å². The predicted octanol–water partition coefficient (Wildman–Crippen LogP) is 1.22. The van der Waals surface area contributed by atoms with Gasteiger partial charge in [-0.15, -0.1) is 0 Å². The Kier molecular flexibility index (Phi) is 1.33. The molecule has 0 atom stereocenters. The number of rotatable bonds is 1. The van der Waals surface area contributed by atoms with E-state index >= 15 is 0 Å². The molecule has 1 heterocycles. The van der Waals surface area contributed by atoms with E-state index in [0.29, 0.717) is 23.1 Å². The minimum Gasteiger partial charge on any atom is -0.434 e. The smallest absolute Gasteiger partial charge is 0.260 e. The summed E-state index contributed by atoms with van der Waals surface area (Å²) in [6, 6.07) is 5.05. The van der Waals surface area contributed by atoms with Gasteiger partial charge in [-0.1, -0.05) is 0 Å². The second-order valence-corrected chi connectivity index (χ2v) is 2.40. The van der Waals surface area contributed by atoms with Gasteiger partial charge in [0.15, 0.2) is 5.58 Å². The van der Waals surface area contributed by atoms with E-state index in [1.54, 1.807) is 18.2 Å². The summed E-state index contributed by atoms with van der Waals surface area (Å²) in [4.78, 5) is 14.2. The van der Waals surface area contributed by atoms with Gasteiger partial charge in [0.05, 0.1) is 0 Å². The van der Waals surface area contributed by atoms with Crippen molar-refractivity contribution in [1.82, 2.24) is 4.98 Å². The third-order valence-electron chi connectivity index (χ3n) is 1.53. The van der Waals surface area contributed by atoms with Crippen LogP contribution in [-0.2, 0) is 0 Å². The average Bonchev–Trinajstić information content (AvgIpc) is 2.46. The topological polar surface area (TPSA) is 69.1 Å². The van der Waals surface area contributed by atoms with E-state index in [1.807, 2.05) is 0 Å². The molecule has 0 radical (unpaired) electrons. The minimum absolute atomic E-state index is 0.0793. The third kappa shape index (κ3) is 0.934. The number of nitrogen functional groups attached to an aromatic ring is 1. The molecule has 4 heteroatoms. The minimum atomic E-state index is 0.0793. The van der Waals surface area contributed by atoms with Crippen molar-refractivity contribution >= 4 is 23.1 Å². The van der Waals surface area contributed by atoms with Gasteiger partial charge in [-0.2, -0.15) is 0 Å². The van der Waals surface area contributed by atoms with Crippen molar-refractivity contribution in [1.29, 1.82) is 0 Å². The number of hydrogen-bond acceptors (Lipinski definition) is 4. The van der Waals surface area contributed by atoms with Gasteiger partial charge < -0.3 is 10.2 Å². The maximum atomic E-state index is 10.3. The van der Waals surface area contributed by atoms with Crippen molar-refractivity contribution < 1.29 is 9.21 Å². The van der Waals surface area contributed by atoms with Gasteiger partial charge in [-0.3, -0.25) is 4.79 Å². The highest BCUT2D eigenvalue weighted by Crippen LogP contribution is 2.17. The number of fused-ring (bicyclic) bond motifs is 1. The molecule has 0 aliphatic carbocycles. The Morgan fingerprint density at radius 2 is 2.33 bits per heavy atom. The van der Waals surface area contributed by atoms with Crippen molar-refractivity contribution in [2.75, 3.05) is 5.73 Å². The summed E-state index contributed by atoms with van der Waals surface area (Å²) in [7, 11) is 0. The largest absolute Gasteiger partial charge is 0.434 e. The number of oxazole rings is 1. The van der Waals surface area contributed by atoms with E-state index in [0.717, 1.165) is 0 Å². The fraction of sp³-hybridized carbons (Fsp3) is 0. The molecule has 0 bridgehead atoms. The highest BCUT2D eigenvalue weighted by atomic mass is 16.4. The lowest BCUT2D eigenvalue weighted by Crippen LogP contribution is -1.81. The van der Waals surface area contributed by atoms with E-state index in [-0.39, 0.29) is 5.89 Å². The lowest BCUT2D eigenvalue weighted by Gasteiger charge is -1.88. The predicted molar refractivity (Wildman–Crippen MR) is 43.8 cm³/mol. The van der Waals surface area contributed by atoms with Crippen molar-refractivity contribution in [3.05, 3.63) is 24.1 Å². The number of nitrogens with two attached hydrogens (primary N) is 1.